The van der Waals surface area contributed by atoms with Crippen LogP contribution in [0.3, 0.4) is 0 Å². The average molecular weight is 170 g/mol. The highest BCUT2D eigenvalue weighted by Gasteiger charge is 2.23. The lowest BCUT2D eigenvalue weighted by Gasteiger charge is -2.20. The monoisotopic (exact) mass is 170 g/mol. The number of carbonyl (C=O) groups excluding carboxylic acids is 1. The molecule has 4 heteroatoms. The Kier molecular flexibility index (Phi) is 3.71. The minimum absolute atomic E-state index is 0.00537. The number of hydrogen-bond donors (Lipinski definition) is 1. The van der Waals surface area contributed by atoms with Gasteiger partial charge in [-0.2, -0.15) is 5.26 Å². The summed E-state index contributed by atoms with van der Waals surface area (Å²) in [6.45, 7) is 5.24. The van der Waals surface area contributed by atoms with E-state index in [-0.39, 0.29) is 6.54 Å². The number of ether oxygens (including phenoxy) is 1. The van der Waals surface area contributed by atoms with Crippen molar-refractivity contribution in [1.82, 2.24) is 0 Å². The molecule has 0 radical (unpaired) electrons. The Bertz CT molecular complexity index is 200. The van der Waals surface area contributed by atoms with E-state index in [1.165, 1.54) is 0 Å². The first-order valence-corrected chi connectivity index (χ1v) is 3.73. The maximum absolute atomic E-state index is 11.1. The van der Waals surface area contributed by atoms with Gasteiger partial charge in [0.15, 0.2) is 5.92 Å². The summed E-state index contributed by atoms with van der Waals surface area (Å²) >= 11 is 0. The highest BCUT2D eigenvalue weighted by Crippen LogP contribution is 2.10. The normalized spacial score (nSPS) is 13.2. The second kappa shape index (κ2) is 4.07. The van der Waals surface area contributed by atoms with E-state index in [2.05, 4.69) is 0 Å². The van der Waals surface area contributed by atoms with Gasteiger partial charge in [0.05, 0.1) is 6.07 Å². The highest BCUT2D eigenvalue weighted by atomic mass is 16.6. The third kappa shape index (κ3) is 3.94. The Morgan fingerprint density at radius 1 is 1.67 bits per heavy atom. The molecule has 0 aliphatic rings. The van der Waals surface area contributed by atoms with Gasteiger partial charge in [-0.1, -0.05) is 0 Å². The highest BCUT2D eigenvalue weighted by molar-refractivity contribution is 5.75. The molecule has 0 aliphatic carbocycles. The maximum atomic E-state index is 11.1. The summed E-state index contributed by atoms with van der Waals surface area (Å²) in [6.07, 6.45) is 0. The fourth-order valence-corrected chi connectivity index (χ4v) is 0.575. The Balaban J connectivity index is 4.14. The lowest BCUT2D eigenvalue weighted by molar-refractivity contribution is -0.157. The Labute approximate surface area is 72.3 Å². The molecule has 4 nitrogen and oxygen atoms in total. The second-order valence-electron chi connectivity index (χ2n) is 3.45. The van der Waals surface area contributed by atoms with E-state index >= 15 is 0 Å². The number of hydrogen-bond acceptors (Lipinski definition) is 4. The summed E-state index contributed by atoms with van der Waals surface area (Å²) < 4.78 is 4.94. The predicted molar refractivity (Wildman–Crippen MR) is 44.0 cm³/mol. The number of nitrogens with two attached hydrogens (primary N) is 1. The van der Waals surface area contributed by atoms with Crippen LogP contribution in [-0.4, -0.2) is 18.1 Å². The van der Waals surface area contributed by atoms with Crippen molar-refractivity contribution in [3.8, 4) is 6.07 Å². The van der Waals surface area contributed by atoms with Crippen LogP contribution in [0.25, 0.3) is 0 Å². The summed E-state index contributed by atoms with van der Waals surface area (Å²) in [5.41, 5.74) is 4.63. The van der Waals surface area contributed by atoms with Crippen LogP contribution in [0.5, 0.6) is 0 Å². The first-order chi connectivity index (χ1) is 5.40. The number of nitrogens with zero attached hydrogens (tertiary/aromatic N) is 1. The molecular formula is C8H14N2O2. The van der Waals surface area contributed by atoms with Crippen LogP contribution in [0.4, 0.5) is 0 Å². The molecule has 0 bridgehead atoms. The smallest absolute Gasteiger partial charge is 0.325 e. The van der Waals surface area contributed by atoms with Crippen molar-refractivity contribution in [3.05, 3.63) is 0 Å². The molecule has 0 spiro atoms. The predicted octanol–water partition coefficient (Wildman–Crippen LogP) is 0.427. The van der Waals surface area contributed by atoms with E-state index in [0.717, 1.165) is 0 Å². The summed E-state index contributed by atoms with van der Waals surface area (Å²) in [4.78, 5) is 11.1. The second-order valence-corrected chi connectivity index (χ2v) is 3.45. The number of carbonyl (C=O) groups is 1. The zero-order valence-corrected chi connectivity index (χ0v) is 7.63. The molecule has 0 aromatic rings. The van der Waals surface area contributed by atoms with Crippen LogP contribution in [-0.2, 0) is 9.53 Å². The van der Waals surface area contributed by atoms with Gasteiger partial charge in [0.25, 0.3) is 0 Å². The van der Waals surface area contributed by atoms with Gasteiger partial charge < -0.3 is 10.5 Å². The fraction of sp³-hybridized carbons (Fsp3) is 0.750. The fourth-order valence-electron chi connectivity index (χ4n) is 0.575. The largest absolute Gasteiger partial charge is 0.459 e. The van der Waals surface area contributed by atoms with E-state index in [9.17, 15) is 4.79 Å². The topological polar surface area (TPSA) is 76.1 Å². The van der Waals surface area contributed by atoms with E-state index in [0.29, 0.717) is 0 Å². The van der Waals surface area contributed by atoms with E-state index in [4.69, 9.17) is 15.7 Å². The quantitative estimate of drug-likeness (QED) is 0.609. The van der Waals surface area contributed by atoms with Crippen molar-refractivity contribution in [2.45, 2.75) is 26.4 Å². The molecular weight excluding hydrogens is 156 g/mol. The van der Waals surface area contributed by atoms with Crippen LogP contribution >= 0.6 is 0 Å². The SMILES string of the molecule is CC(C)(C)OC(=O)C(C#N)CN. The van der Waals surface area contributed by atoms with E-state index in [1.807, 2.05) is 0 Å². The molecule has 0 aromatic heterocycles. The molecule has 0 fully saturated rings. The zero-order chi connectivity index (χ0) is 9.78. The van der Waals surface area contributed by atoms with Crippen LogP contribution < -0.4 is 5.73 Å². The standard InChI is InChI=1S/C8H14N2O2/c1-8(2,3)12-7(11)6(4-9)5-10/h6H,4,9H2,1-3H3. The van der Waals surface area contributed by atoms with Crippen molar-refractivity contribution in [2.24, 2.45) is 11.7 Å². The molecule has 1 unspecified atom stereocenters. The van der Waals surface area contributed by atoms with Gasteiger partial charge in [-0.05, 0) is 20.8 Å². The molecule has 0 aliphatic heterocycles. The van der Waals surface area contributed by atoms with Gasteiger partial charge in [0.2, 0.25) is 0 Å². The number of esters is 1. The zero-order valence-electron chi connectivity index (χ0n) is 7.63. The van der Waals surface area contributed by atoms with Gasteiger partial charge in [0.1, 0.15) is 5.60 Å². The maximum Gasteiger partial charge on any atom is 0.325 e. The van der Waals surface area contributed by atoms with Gasteiger partial charge in [-0.25, -0.2) is 0 Å². The molecule has 0 saturated carbocycles. The summed E-state index contributed by atoms with van der Waals surface area (Å²) in [7, 11) is 0. The molecule has 12 heavy (non-hydrogen) atoms. The summed E-state index contributed by atoms with van der Waals surface area (Å²) in [5, 5.41) is 8.46. The van der Waals surface area contributed by atoms with Gasteiger partial charge in [-0.3, -0.25) is 4.79 Å². The van der Waals surface area contributed by atoms with Gasteiger partial charge >= 0.3 is 5.97 Å². The Morgan fingerprint density at radius 2 is 2.17 bits per heavy atom. The number of nitriles is 1. The molecule has 68 valence electrons. The van der Waals surface area contributed by atoms with Crippen molar-refractivity contribution in [1.29, 1.82) is 5.26 Å². The third-order valence-electron chi connectivity index (χ3n) is 1.08. The van der Waals surface area contributed by atoms with Crippen molar-refractivity contribution < 1.29 is 9.53 Å². The van der Waals surface area contributed by atoms with Crippen molar-refractivity contribution in [2.75, 3.05) is 6.54 Å². The average Bonchev–Trinajstić information content (AvgIpc) is 1.85. The molecule has 0 aromatic carbocycles. The van der Waals surface area contributed by atoms with E-state index < -0.39 is 17.5 Å². The van der Waals surface area contributed by atoms with Gasteiger partial charge in [0, 0.05) is 6.54 Å². The molecule has 0 saturated heterocycles. The minimum atomic E-state index is -0.843. The first kappa shape index (κ1) is 10.9. The lowest BCUT2D eigenvalue weighted by atomic mass is 10.1. The van der Waals surface area contributed by atoms with Crippen LogP contribution in [0, 0.1) is 17.2 Å². The molecule has 0 rings (SSSR count). The molecule has 0 amide bonds. The third-order valence-corrected chi connectivity index (χ3v) is 1.08. The molecule has 0 heterocycles. The van der Waals surface area contributed by atoms with Crippen molar-refractivity contribution >= 4 is 5.97 Å². The minimum Gasteiger partial charge on any atom is -0.459 e. The van der Waals surface area contributed by atoms with Crippen LogP contribution in [0.1, 0.15) is 20.8 Å². The molecule has 2 N–H and O–H groups in total. The lowest BCUT2D eigenvalue weighted by Crippen LogP contribution is -2.31. The Hall–Kier alpha value is -1.08. The van der Waals surface area contributed by atoms with Crippen molar-refractivity contribution in [3.63, 3.8) is 0 Å². The first-order valence-electron chi connectivity index (χ1n) is 3.73. The number of rotatable bonds is 2. The van der Waals surface area contributed by atoms with Crippen LogP contribution in [0.2, 0.25) is 0 Å². The Morgan fingerprint density at radius 3 is 2.42 bits per heavy atom. The summed E-state index contributed by atoms with van der Waals surface area (Å²) in [6, 6.07) is 1.77. The summed E-state index contributed by atoms with van der Waals surface area (Å²) in [5.74, 6) is -1.39. The van der Waals surface area contributed by atoms with Gasteiger partial charge in [-0.15, -0.1) is 0 Å². The van der Waals surface area contributed by atoms with E-state index in [1.54, 1.807) is 26.8 Å². The molecule has 1 atom stereocenters. The van der Waals surface area contributed by atoms with Crippen LogP contribution in [0.15, 0.2) is 0 Å².